The van der Waals surface area contributed by atoms with E-state index in [4.69, 9.17) is 0 Å². The van der Waals surface area contributed by atoms with Gasteiger partial charge in [-0.1, -0.05) is 32.4 Å². The summed E-state index contributed by atoms with van der Waals surface area (Å²) in [5.74, 6) is 1.04. The van der Waals surface area contributed by atoms with Crippen LogP contribution in [0.25, 0.3) is 0 Å². The molecule has 2 rings (SSSR count). The van der Waals surface area contributed by atoms with Crippen LogP contribution in [-0.2, 0) is 16.1 Å². The minimum absolute atomic E-state index is 0. The lowest BCUT2D eigenvalue weighted by Gasteiger charge is -2.20. The molecule has 0 saturated carbocycles. The standard InChI is InChI=1S/C23H37N5O2.HI/c1-4-24-23(25-14-8-16-28-15-7-5-6-9-21(28)29)26-17-19-10-12-20(13-11-19)27-22(30)18(2)3;/h10-13,18H,4-9,14-17H2,1-3H3,(H,27,30)(H2,24,25,26);1H. The normalized spacial score (nSPS) is 14.6. The van der Waals surface area contributed by atoms with E-state index in [-0.39, 0.29) is 35.8 Å². The molecule has 2 amide bonds. The smallest absolute Gasteiger partial charge is 0.226 e. The van der Waals surface area contributed by atoms with Crippen LogP contribution in [0.3, 0.4) is 0 Å². The Bertz CT molecular complexity index is 706. The second-order valence-corrected chi connectivity index (χ2v) is 8.01. The molecule has 1 aromatic rings. The van der Waals surface area contributed by atoms with Gasteiger partial charge in [0.05, 0.1) is 6.54 Å². The van der Waals surface area contributed by atoms with Gasteiger partial charge in [-0.15, -0.1) is 24.0 Å². The van der Waals surface area contributed by atoms with E-state index in [2.05, 4.69) is 20.9 Å². The molecule has 1 heterocycles. The molecule has 7 nitrogen and oxygen atoms in total. The van der Waals surface area contributed by atoms with Gasteiger partial charge in [0.1, 0.15) is 0 Å². The maximum atomic E-state index is 12.1. The van der Waals surface area contributed by atoms with Crippen LogP contribution < -0.4 is 16.0 Å². The van der Waals surface area contributed by atoms with E-state index in [1.54, 1.807) is 0 Å². The highest BCUT2D eigenvalue weighted by Gasteiger charge is 2.15. The third kappa shape index (κ3) is 10.3. The number of benzene rings is 1. The molecule has 0 radical (unpaired) electrons. The quantitative estimate of drug-likeness (QED) is 0.192. The summed E-state index contributed by atoms with van der Waals surface area (Å²) in [5, 5.41) is 9.51. The SMILES string of the molecule is CCNC(=NCc1ccc(NC(=O)C(C)C)cc1)NCCCN1CCCCCC1=O.I. The van der Waals surface area contributed by atoms with Crippen LogP contribution in [0.15, 0.2) is 29.3 Å². The lowest BCUT2D eigenvalue weighted by atomic mass is 10.2. The maximum Gasteiger partial charge on any atom is 0.226 e. The fraction of sp³-hybridized carbons (Fsp3) is 0.609. The van der Waals surface area contributed by atoms with Crippen LogP contribution >= 0.6 is 24.0 Å². The highest BCUT2D eigenvalue weighted by molar-refractivity contribution is 14.0. The van der Waals surface area contributed by atoms with Crippen molar-refractivity contribution in [2.45, 2.75) is 59.4 Å². The summed E-state index contributed by atoms with van der Waals surface area (Å²) in [4.78, 5) is 30.5. The largest absolute Gasteiger partial charge is 0.357 e. The lowest BCUT2D eigenvalue weighted by molar-refractivity contribution is -0.130. The van der Waals surface area contributed by atoms with Gasteiger partial charge < -0.3 is 20.9 Å². The van der Waals surface area contributed by atoms with Crippen molar-refractivity contribution in [2.24, 2.45) is 10.9 Å². The van der Waals surface area contributed by atoms with Crippen molar-refractivity contribution >= 4 is 47.4 Å². The second-order valence-electron chi connectivity index (χ2n) is 8.01. The molecule has 0 aliphatic carbocycles. The molecule has 0 atom stereocenters. The summed E-state index contributed by atoms with van der Waals surface area (Å²) in [6.07, 6.45) is 4.89. The minimum atomic E-state index is -0.0412. The number of aliphatic imine (C=N–C) groups is 1. The number of carbonyl (C=O) groups is 2. The zero-order valence-electron chi connectivity index (χ0n) is 19.1. The molecule has 1 saturated heterocycles. The predicted octanol–water partition coefficient (Wildman–Crippen LogP) is 3.75. The second kappa shape index (κ2) is 15.0. The molecule has 1 aliphatic heterocycles. The molecule has 1 aliphatic rings. The van der Waals surface area contributed by atoms with Gasteiger partial charge >= 0.3 is 0 Å². The molecule has 31 heavy (non-hydrogen) atoms. The van der Waals surface area contributed by atoms with Crippen molar-refractivity contribution in [2.75, 3.05) is 31.5 Å². The van der Waals surface area contributed by atoms with E-state index in [0.717, 1.165) is 69.1 Å². The first-order valence-electron chi connectivity index (χ1n) is 11.2. The van der Waals surface area contributed by atoms with Crippen molar-refractivity contribution in [3.63, 3.8) is 0 Å². The molecule has 0 bridgehead atoms. The Balaban J connectivity index is 0.00000480. The Morgan fingerprint density at radius 3 is 2.55 bits per heavy atom. The molecule has 1 fully saturated rings. The number of likely N-dealkylation sites (tertiary alicyclic amines) is 1. The Morgan fingerprint density at radius 2 is 1.87 bits per heavy atom. The van der Waals surface area contributed by atoms with E-state index in [1.165, 1.54) is 0 Å². The Kier molecular flexibility index (Phi) is 13.2. The number of carbonyl (C=O) groups excluding carboxylic acids is 2. The predicted molar refractivity (Wildman–Crippen MR) is 138 cm³/mol. The van der Waals surface area contributed by atoms with E-state index in [0.29, 0.717) is 18.9 Å². The minimum Gasteiger partial charge on any atom is -0.357 e. The fourth-order valence-corrected chi connectivity index (χ4v) is 3.24. The van der Waals surface area contributed by atoms with Gasteiger partial charge in [0, 0.05) is 44.2 Å². The number of rotatable bonds is 9. The molecule has 0 aromatic heterocycles. The zero-order valence-corrected chi connectivity index (χ0v) is 21.4. The van der Waals surface area contributed by atoms with Crippen LogP contribution in [0, 0.1) is 5.92 Å². The number of hydrogen-bond acceptors (Lipinski definition) is 3. The van der Waals surface area contributed by atoms with Crippen molar-refractivity contribution < 1.29 is 9.59 Å². The average Bonchev–Trinajstić information content (AvgIpc) is 2.94. The fourth-order valence-electron chi connectivity index (χ4n) is 3.24. The van der Waals surface area contributed by atoms with Crippen LogP contribution in [-0.4, -0.2) is 48.9 Å². The molecular weight excluding hydrogens is 505 g/mol. The number of guanidine groups is 1. The highest BCUT2D eigenvalue weighted by Crippen LogP contribution is 2.12. The summed E-state index contributed by atoms with van der Waals surface area (Å²) in [6, 6.07) is 7.77. The molecule has 174 valence electrons. The number of halogens is 1. The van der Waals surface area contributed by atoms with Gasteiger partial charge in [0.15, 0.2) is 5.96 Å². The average molecular weight is 543 g/mol. The monoisotopic (exact) mass is 543 g/mol. The number of anilines is 1. The third-order valence-corrected chi connectivity index (χ3v) is 5.08. The first kappa shape index (κ1) is 27.2. The number of nitrogens with one attached hydrogen (secondary N) is 3. The van der Waals surface area contributed by atoms with Crippen LogP contribution in [0.4, 0.5) is 5.69 Å². The Hall–Kier alpha value is -1.84. The van der Waals surface area contributed by atoms with E-state index in [1.807, 2.05) is 49.9 Å². The van der Waals surface area contributed by atoms with Crippen LogP contribution in [0.5, 0.6) is 0 Å². The van der Waals surface area contributed by atoms with Gasteiger partial charge in [-0.3, -0.25) is 9.59 Å². The number of amides is 2. The summed E-state index contributed by atoms with van der Waals surface area (Å²) < 4.78 is 0. The first-order valence-corrected chi connectivity index (χ1v) is 11.2. The summed E-state index contributed by atoms with van der Waals surface area (Å²) in [6.45, 7) is 9.60. The van der Waals surface area contributed by atoms with Crippen molar-refractivity contribution in [1.29, 1.82) is 0 Å². The zero-order chi connectivity index (χ0) is 21.8. The molecule has 0 unspecified atom stereocenters. The van der Waals surface area contributed by atoms with Gasteiger partial charge in [-0.25, -0.2) is 4.99 Å². The van der Waals surface area contributed by atoms with Crippen molar-refractivity contribution in [3.05, 3.63) is 29.8 Å². The van der Waals surface area contributed by atoms with Gasteiger partial charge in [-0.2, -0.15) is 0 Å². The van der Waals surface area contributed by atoms with Gasteiger partial charge in [0.25, 0.3) is 0 Å². The van der Waals surface area contributed by atoms with E-state index >= 15 is 0 Å². The Morgan fingerprint density at radius 1 is 1.13 bits per heavy atom. The highest BCUT2D eigenvalue weighted by atomic mass is 127. The summed E-state index contributed by atoms with van der Waals surface area (Å²) >= 11 is 0. The molecule has 0 spiro atoms. The van der Waals surface area contributed by atoms with Crippen molar-refractivity contribution in [1.82, 2.24) is 15.5 Å². The Labute approximate surface area is 203 Å². The molecule has 3 N–H and O–H groups in total. The van der Waals surface area contributed by atoms with Gasteiger partial charge in [0.2, 0.25) is 11.8 Å². The van der Waals surface area contributed by atoms with Gasteiger partial charge in [-0.05, 0) is 43.9 Å². The van der Waals surface area contributed by atoms with Crippen LogP contribution in [0.2, 0.25) is 0 Å². The summed E-state index contributed by atoms with van der Waals surface area (Å²) in [7, 11) is 0. The topological polar surface area (TPSA) is 85.8 Å². The van der Waals surface area contributed by atoms with E-state index in [9.17, 15) is 9.59 Å². The van der Waals surface area contributed by atoms with Crippen LogP contribution in [0.1, 0.15) is 58.4 Å². The third-order valence-electron chi connectivity index (χ3n) is 5.08. The molecular formula is C23H38IN5O2. The molecule has 1 aromatic carbocycles. The molecule has 8 heteroatoms. The van der Waals surface area contributed by atoms with E-state index < -0.39 is 0 Å². The number of nitrogens with zero attached hydrogens (tertiary/aromatic N) is 2. The lowest BCUT2D eigenvalue weighted by Crippen LogP contribution is -2.39. The number of hydrogen-bond donors (Lipinski definition) is 3. The first-order chi connectivity index (χ1) is 14.5. The summed E-state index contributed by atoms with van der Waals surface area (Å²) in [5.41, 5.74) is 1.87. The van der Waals surface area contributed by atoms with Crippen molar-refractivity contribution in [3.8, 4) is 0 Å². The maximum absolute atomic E-state index is 12.1.